The van der Waals surface area contributed by atoms with Gasteiger partial charge in [0.25, 0.3) is 0 Å². The van der Waals surface area contributed by atoms with Gasteiger partial charge in [-0.25, -0.2) is 4.79 Å². The summed E-state index contributed by atoms with van der Waals surface area (Å²) in [6.45, 7) is 2.96. The Morgan fingerprint density at radius 3 is 2.30 bits per heavy atom. The van der Waals surface area contributed by atoms with Crippen LogP contribution in [0.25, 0.3) is 0 Å². The Morgan fingerprint density at radius 2 is 1.96 bits per heavy atom. The summed E-state index contributed by atoms with van der Waals surface area (Å²) in [5, 5.41) is 11.8. The van der Waals surface area contributed by atoms with Crippen LogP contribution in [-0.2, 0) is 19.1 Å². The maximum Gasteiger partial charge on any atom is 0.332 e. The van der Waals surface area contributed by atoms with Crippen LogP contribution in [0.4, 0.5) is 0 Å². The average Bonchev–Trinajstić information content (AvgIpc) is 2.49. The van der Waals surface area contributed by atoms with Crippen LogP contribution in [0, 0.1) is 0 Å². The predicted octanol–water partition coefficient (Wildman–Crippen LogP) is -0.964. The highest BCUT2D eigenvalue weighted by Gasteiger charge is 2.36. The highest BCUT2D eigenvalue weighted by Crippen LogP contribution is 2.21. The minimum Gasteiger partial charge on any atom is -0.479 e. The molecule has 9 heteroatoms. The molecular formula is C14H28N4O5. The van der Waals surface area contributed by atoms with Crippen molar-refractivity contribution in [1.82, 2.24) is 10.2 Å². The Hall–Kier alpha value is -1.68. The van der Waals surface area contributed by atoms with Gasteiger partial charge in [-0.05, 0) is 14.0 Å². The van der Waals surface area contributed by atoms with Crippen molar-refractivity contribution in [3.05, 3.63) is 11.3 Å². The Balaban J connectivity index is 5.76. The number of carboxylic acids is 1. The average molecular weight is 332 g/mol. The molecule has 0 radical (unpaired) electrons. The lowest BCUT2D eigenvalue weighted by atomic mass is 10.1. The summed E-state index contributed by atoms with van der Waals surface area (Å²) < 4.78 is 10.6. The minimum atomic E-state index is -1.65. The van der Waals surface area contributed by atoms with Gasteiger partial charge in [0.1, 0.15) is 6.61 Å². The van der Waals surface area contributed by atoms with Crippen molar-refractivity contribution in [2.24, 2.45) is 11.5 Å². The molecule has 134 valence electrons. The molecule has 0 rings (SSSR count). The second kappa shape index (κ2) is 9.46. The van der Waals surface area contributed by atoms with E-state index in [1.165, 1.54) is 14.0 Å². The lowest BCUT2D eigenvalue weighted by molar-refractivity contribution is -0.162. The number of likely N-dealkylation sites (N-methyl/N-ethyl adjacent to an activating group) is 2. The second-order valence-corrected chi connectivity index (χ2v) is 5.12. The maximum absolute atomic E-state index is 11.5. The number of rotatable bonds is 10. The van der Waals surface area contributed by atoms with Gasteiger partial charge in [-0.3, -0.25) is 15.8 Å². The number of aliphatic carboxylic acids is 1. The molecule has 0 saturated heterocycles. The van der Waals surface area contributed by atoms with Crippen molar-refractivity contribution in [2.45, 2.75) is 32.2 Å². The van der Waals surface area contributed by atoms with Gasteiger partial charge in [-0.15, -0.1) is 0 Å². The Bertz CT molecular complexity index is 452. The minimum absolute atomic E-state index is 0.109. The summed E-state index contributed by atoms with van der Waals surface area (Å²) in [4.78, 5) is 24.2. The van der Waals surface area contributed by atoms with E-state index in [2.05, 4.69) is 5.32 Å². The molecule has 0 amide bonds. The number of ether oxygens (including phenoxy) is 2. The van der Waals surface area contributed by atoms with E-state index in [4.69, 9.17) is 26.0 Å². The number of hydrogen-bond acceptors (Lipinski definition) is 8. The molecule has 0 heterocycles. The molecule has 0 saturated carbocycles. The van der Waals surface area contributed by atoms with Gasteiger partial charge in [-0.2, -0.15) is 0 Å². The summed E-state index contributed by atoms with van der Waals surface area (Å²) in [6, 6.07) is 0. The number of nitrogens with two attached hydrogens (primary N) is 2. The van der Waals surface area contributed by atoms with Gasteiger partial charge >= 0.3 is 11.9 Å². The molecule has 2 atom stereocenters. The zero-order valence-electron chi connectivity index (χ0n) is 14.4. The highest BCUT2D eigenvalue weighted by molar-refractivity contribution is 5.71. The van der Waals surface area contributed by atoms with Crippen molar-refractivity contribution in [3.8, 4) is 0 Å². The summed E-state index contributed by atoms with van der Waals surface area (Å²) in [6.07, 6.45) is -0.970. The van der Waals surface area contributed by atoms with Crippen LogP contribution < -0.4 is 16.8 Å². The second-order valence-electron chi connectivity index (χ2n) is 5.12. The standard InChI is InChI=1S/C14H28N4O5/c1-6-12(19)22-8-10(11(7-15)18(4)5)14(16,17-3)23-9(2)13(20)21/h9,17H,6-8,15-16H2,1-5H3,(H,20,21). The van der Waals surface area contributed by atoms with Crippen LogP contribution in [0.15, 0.2) is 11.3 Å². The molecule has 0 aliphatic heterocycles. The summed E-state index contributed by atoms with van der Waals surface area (Å²) in [5.41, 5.74) is 12.9. The summed E-state index contributed by atoms with van der Waals surface area (Å²) in [5.74, 6) is -3.23. The van der Waals surface area contributed by atoms with Crippen molar-refractivity contribution >= 4 is 11.9 Å². The Labute approximate surface area is 136 Å². The number of nitrogens with zero attached hydrogens (tertiary/aromatic N) is 1. The van der Waals surface area contributed by atoms with Crippen molar-refractivity contribution in [3.63, 3.8) is 0 Å². The molecule has 0 aromatic rings. The Kier molecular flexibility index (Phi) is 8.77. The first-order valence-electron chi connectivity index (χ1n) is 7.26. The molecular weight excluding hydrogens is 304 g/mol. The lowest BCUT2D eigenvalue weighted by Gasteiger charge is -2.36. The normalized spacial score (nSPS) is 16.1. The third-order valence-corrected chi connectivity index (χ3v) is 3.28. The van der Waals surface area contributed by atoms with Crippen molar-refractivity contribution in [1.29, 1.82) is 0 Å². The number of carbonyl (C=O) groups is 2. The first kappa shape index (κ1) is 21.3. The van der Waals surface area contributed by atoms with E-state index >= 15 is 0 Å². The fourth-order valence-electron chi connectivity index (χ4n) is 1.85. The highest BCUT2D eigenvalue weighted by atomic mass is 16.6. The third kappa shape index (κ3) is 6.14. The van der Waals surface area contributed by atoms with Crippen LogP contribution in [-0.4, -0.2) is 68.2 Å². The molecule has 0 aromatic carbocycles. The van der Waals surface area contributed by atoms with Crippen LogP contribution >= 0.6 is 0 Å². The monoisotopic (exact) mass is 332 g/mol. The lowest BCUT2D eigenvalue weighted by Crippen LogP contribution is -2.60. The fraction of sp³-hybridized carbons (Fsp3) is 0.714. The molecule has 0 aromatic heterocycles. The van der Waals surface area contributed by atoms with Crippen LogP contribution in [0.1, 0.15) is 20.3 Å². The Morgan fingerprint density at radius 1 is 1.39 bits per heavy atom. The molecule has 2 unspecified atom stereocenters. The van der Waals surface area contributed by atoms with Gasteiger partial charge in [0.05, 0.1) is 0 Å². The first-order chi connectivity index (χ1) is 10.6. The molecule has 9 nitrogen and oxygen atoms in total. The molecule has 0 bridgehead atoms. The van der Waals surface area contributed by atoms with Gasteiger partial charge in [-0.1, -0.05) is 6.92 Å². The van der Waals surface area contributed by atoms with Gasteiger partial charge in [0.2, 0.25) is 5.85 Å². The van der Waals surface area contributed by atoms with Gasteiger partial charge in [0.15, 0.2) is 6.10 Å². The van der Waals surface area contributed by atoms with Gasteiger partial charge in [0, 0.05) is 38.3 Å². The largest absolute Gasteiger partial charge is 0.479 e. The van der Waals surface area contributed by atoms with Crippen LogP contribution in [0.2, 0.25) is 0 Å². The zero-order valence-corrected chi connectivity index (χ0v) is 14.4. The van der Waals surface area contributed by atoms with Crippen LogP contribution in [0.3, 0.4) is 0 Å². The first-order valence-corrected chi connectivity index (χ1v) is 7.26. The van der Waals surface area contributed by atoms with E-state index in [1.807, 2.05) is 0 Å². The van der Waals surface area contributed by atoms with E-state index < -0.39 is 23.9 Å². The summed E-state index contributed by atoms with van der Waals surface area (Å²) in [7, 11) is 5.01. The third-order valence-electron chi connectivity index (χ3n) is 3.28. The van der Waals surface area contributed by atoms with Crippen LogP contribution in [0.5, 0.6) is 0 Å². The number of carboxylic acid groups (broad SMARTS) is 1. The topological polar surface area (TPSA) is 140 Å². The number of hydrogen-bond donors (Lipinski definition) is 4. The number of esters is 1. The van der Waals surface area contributed by atoms with E-state index in [0.29, 0.717) is 11.3 Å². The molecule has 0 aliphatic rings. The van der Waals surface area contributed by atoms with Gasteiger partial charge < -0.3 is 25.2 Å². The summed E-state index contributed by atoms with van der Waals surface area (Å²) >= 11 is 0. The van der Waals surface area contributed by atoms with E-state index in [0.717, 1.165) is 0 Å². The zero-order chi connectivity index (χ0) is 18.2. The van der Waals surface area contributed by atoms with Crippen molar-refractivity contribution < 1.29 is 24.2 Å². The van der Waals surface area contributed by atoms with E-state index in [1.54, 1.807) is 25.9 Å². The SMILES string of the molecule is CCC(=O)OCC(=C(CN)N(C)C)C(N)(NC)OC(C)C(=O)O. The smallest absolute Gasteiger partial charge is 0.332 e. The molecule has 0 fully saturated rings. The maximum atomic E-state index is 11.5. The quantitative estimate of drug-likeness (QED) is 0.294. The molecule has 0 aliphatic carbocycles. The fourth-order valence-corrected chi connectivity index (χ4v) is 1.85. The molecule has 23 heavy (non-hydrogen) atoms. The number of carbonyl (C=O) groups excluding carboxylic acids is 1. The molecule has 6 N–H and O–H groups in total. The number of nitrogens with one attached hydrogen (secondary N) is 1. The molecule has 0 spiro atoms. The van der Waals surface area contributed by atoms with Crippen molar-refractivity contribution in [2.75, 3.05) is 34.3 Å². The predicted molar refractivity (Wildman–Crippen MR) is 85.2 cm³/mol. The van der Waals surface area contributed by atoms with E-state index in [9.17, 15) is 9.59 Å². The van der Waals surface area contributed by atoms with E-state index in [-0.39, 0.29) is 19.6 Å².